The molecule has 35 heavy (non-hydrogen) atoms. The number of ketones is 1. The summed E-state index contributed by atoms with van der Waals surface area (Å²) in [7, 11) is 4.62. The number of aromatic nitrogens is 3. The van der Waals surface area contributed by atoms with E-state index >= 15 is 0 Å². The monoisotopic (exact) mass is 493 g/mol. The minimum atomic E-state index is 0.00921. The van der Waals surface area contributed by atoms with Crippen LogP contribution in [-0.4, -0.2) is 47.6 Å². The number of benzene rings is 2. The molecule has 0 spiro atoms. The van der Waals surface area contributed by atoms with Crippen LogP contribution in [0.5, 0.6) is 17.2 Å². The lowest BCUT2D eigenvalue weighted by Crippen LogP contribution is -2.07. The van der Waals surface area contributed by atoms with E-state index in [-0.39, 0.29) is 11.5 Å². The van der Waals surface area contributed by atoms with Gasteiger partial charge in [0.2, 0.25) is 11.6 Å². The molecular formula is C26H27N3O5S. The van der Waals surface area contributed by atoms with Crippen molar-refractivity contribution >= 4 is 17.5 Å². The smallest absolute Gasteiger partial charge is 0.277 e. The Morgan fingerprint density at radius 3 is 2.29 bits per heavy atom. The summed E-state index contributed by atoms with van der Waals surface area (Å²) in [6, 6.07) is 15.6. The number of rotatable bonds is 10. The second kappa shape index (κ2) is 10.7. The third-order valence-corrected chi connectivity index (χ3v) is 6.52. The normalized spacial score (nSPS) is 10.9. The van der Waals surface area contributed by atoms with E-state index in [4.69, 9.17) is 18.6 Å². The van der Waals surface area contributed by atoms with Gasteiger partial charge in [0, 0.05) is 29.1 Å². The molecule has 9 heteroatoms. The SMILES string of the molecule is COc1cc(-c2nnc(SCC(=O)c3cc(C)n(Cc4ccccc4)c3C)o2)cc(OC)c1OC. The highest BCUT2D eigenvalue weighted by molar-refractivity contribution is 7.99. The van der Waals surface area contributed by atoms with Gasteiger partial charge in [0.1, 0.15) is 0 Å². The summed E-state index contributed by atoms with van der Waals surface area (Å²) in [6.07, 6.45) is 0. The topological polar surface area (TPSA) is 88.6 Å². The maximum absolute atomic E-state index is 13.0. The molecule has 8 nitrogen and oxygen atoms in total. The average Bonchev–Trinajstić information content (AvgIpc) is 3.47. The number of hydrogen-bond acceptors (Lipinski definition) is 8. The van der Waals surface area contributed by atoms with Crippen molar-refractivity contribution in [1.82, 2.24) is 14.8 Å². The lowest BCUT2D eigenvalue weighted by atomic mass is 10.2. The second-order valence-electron chi connectivity index (χ2n) is 7.86. The van der Waals surface area contributed by atoms with E-state index in [0.717, 1.165) is 17.9 Å². The average molecular weight is 494 g/mol. The molecule has 0 atom stereocenters. The summed E-state index contributed by atoms with van der Waals surface area (Å²) in [5.74, 6) is 1.93. The predicted molar refractivity (Wildman–Crippen MR) is 134 cm³/mol. The van der Waals surface area contributed by atoms with Gasteiger partial charge < -0.3 is 23.2 Å². The molecule has 0 fully saturated rings. The van der Waals surface area contributed by atoms with Crippen molar-refractivity contribution in [2.24, 2.45) is 0 Å². The first-order valence-corrected chi connectivity index (χ1v) is 11.9. The van der Waals surface area contributed by atoms with Crippen molar-refractivity contribution in [2.45, 2.75) is 25.6 Å². The van der Waals surface area contributed by atoms with Gasteiger partial charge in [0.15, 0.2) is 17.3 Å². The molecule has 182 valence electrons. The van der Waals surface area contributed by atoms with Gasteiger partial charge in [-0.05, 0) is 37.6 Å². The number of ether oxygens (including phenoxy) is 3. The van der Waals surface area contributed by atoms with Crippen LogP contribution in [0.4, 0.5) is 0 Å². The third kappa shape index (κ3) is 5.19. The van der Waals surface area contributed by atoms with Crippen molar-refractivity contribution < 1.29 is 23.4 Å². The highest BCUT2D eigenvalue weighted by Crippen LogP contribution is 2.41. The predicted octanol–water partition coefficient (Wildman–Crippen LogP) is 5.20. The van der Waals surface area contributed by atoms with Gasteiger partial charge >= 0.3 is 0 Å². The Balaban J connectivity index is 1.47. The molecule has 0 aliphatic rings. The highest BCUT2D eigenvalue weighted by Gasteiger charge is 2.20. The van der Waals surface area contributed by atoms with E-state index in [9.17, 15) is 4.79 Å². The fourth-order valence-electron chi connectivity index (χ4n) is 3.89. The molecule has 0 saturated heterocycles. The molecule has 4 aromatic rings. The van der Waals surface area contributed by atoms with Crippen molar-refractivity contribution in [3.8, 4) is 28.7 Å². The second-order valence-corrected chi connectivity index (χ2v) is 8.78. The molecule has 0 bridgehead atoms. The molecule has 2 heterocycles. The maximum atomic E-state index is 13.0. The molecule has 0 unspecified atom stereocenters. The Labute approximate surface area is 208 Å². The van der Waals surface area contributed by atoms with Crippen molar-refractivity contribution in [2.75, 3.05) is 27.1 Å². The zero-order chi connectivity index (χ0) is 24.9. The van der Waals surface area contributed by atoms with E-state index < -0.39 is 0 Å². The van der Waals surface area contributed by atoms with Gasteiger partial charge in [0.25, 0.3) is 5.22 Å². The number of thioether (sulfide) groups is 1. The number of Topliss-reactive ketones (excluding diaryl/α,β-unsaturated/α-hetero) is 1. The molecule has 0 radical (unpaired) electrons. The number of aryl methyl sites for hydroxylation is 1. The van der Waals surface area contributed by atoms with Gasteiger partial charge in [0.05, 0.1) is 27.1 Å². The van der Waals surface area contributed by atoms with Crippen LogP contribution in [0.25, 0.3) is 11.5 Å². The molecule has 2 aromatic carbocycles. The molecular weight excluding hydrogens is 466 g/mol. The Hall–Kier alpha value is -3.72. The molecule has 4 rings (SSSR count). The number of carbonyl (C=O) groups is 1. The summed E-state index contributed by atoms with van der Waals surface area (Å²) in [5.41, 5.74) is 4.50. The van der Waals surface area contributed by atoms with E-state index in [0.29, 0.717) is 39.5 Å². The molecule has 0 aliphatic carbocycles. The molecule has 0 saturated carbocycles. The fraction of sp³-hybridized carbons (Fsp3) is 0.269. The van der Waals surface area contributed by atoms with Crippen LogP contribution in [0.3, 0.4) is 0 Å². The summed E-state index contributed by atoms with van der Waals surface area (Å²) in [6.45, 7) is 4.71. The van der Waals surface area contributed by atoms with Gasteiger partial charge in [-0.2, -0.15) is 0 Å². The lowest BCUT2D eigenvalue weighted by Gasteiger charge is -2.12. The van der Waals surface area contributed by atoms with Crippen LogP contribution in [-0.2, 0) is 6.54 Å². The summed E-state index contributed by atoms with van der Waals surface area (Å²) in [5, 5.41) is 8.52. The Morgan fingerprint density at radius 1 is 0.971 bits per heavy atom. The van der Waals surface area contributed by atoms with E-state index in [1.807, 2.05) is 38.1 Å². The van der Waals surface area contributed by atoms with E-state index in [1.165, 1.54) is 24.4 Å². The Kier molecular flexibility index (Phi) is 7.45. The van der Waals surface area contributed by atoms with E-state index in [2.05, 4.69) is 26.9 Å². The van der Waals surface area contributed by atoms with Crippen LogP contribution in [0, 0.1) is 13.8 Å². The zero-order valence-corrected chi connectivity index (χ0v) is 21.1. The molecule has 2 aromatic heterocycles. The molecule has 0 amide bonds. The molecule has 0 aliphatic heterocycles. The third-order valence-electron chi connectivity index (χ3n) is 5.70. The first-order valence-electron chi connectivity index (χ1n) is 11.0. The van der Waals surface area contributed by atoms with Gasteiger partial charge in [-0.25, -0.2) is 0 Å². The Bertz CT molecular complexity index is 1310. The minimum Gasteiger partial charge on any atom is -0.493 e. The zero-order valence-electron chi connectivity index (χ0n) is 20.3. The first-order chi connectivity index (χ1) is 16.9. The van der Waals surface area contributed by atoms with E-state index in [1.54, 1.807) is 26.4 Å². The quantitative estimate of drug-likeness (QED) is 0.220. The number of carbonyl (C=O) groups excluding carboxylic acids is 1. The summed E-state index contributed by atoms with van der Waals surface area (Å²) < 4.78 is 24.1. The van der Waals surface area contributed by atoms with Crippen LogP contribution in [0.1, 0.15) is 27.3 Å². The van der Waals surface area contributed by atoms with Crippen LogP contribution in [0.2, 0.25) is 0 Å². The summed E-state index contributed by atoms with van der Waals surface area (Å²) in [4.78, 5) is 13.0. The highest BCUT2D eigenvalue weighted by atomic mass is 32.2. The van der Waals surface area contributed by atoms with Crippen molar-refractivity contribution in [3.63, 3.8) is 0 Å². The minimum absolute atomic E-state index is 0.00921. The van der Waals surface area contributed by atoms with Crippen LogP contribution >= 0.6 is 11.8 Å². The fourth-order valence-corrected chi connectivity index (χ4v) is 4.53. The largest absolute Gasteiger partial charge is 0.493 e. The van der Waals surface area contributed by atoms with Crippen molar-refractivity contribution in [1.29, 1.82) is 0 Å². The number of nitrogens with zero attached hydrogens (tertiary/aromatic N) is 3. The first kappa shape index (κ1) is 24.4. The molecule has 0 N–H and O–H groups in total. The van der Waals surface area contributed by atoms with Crippen molar-refractivity contribution in [3.05, 3.63) is 71.0 Å². The van der Waals surface area contributed by atoms with Crippen LogP contribution < -0.4 is 14.2 Å². The van der Waals surface area contributed by atoms with Gasteiger partial charge in [-0.1, -0.05) is 42.1 Å². The lowest BCUT2D eigenvalue weighted by molar-refractivity contribution is 0.102. The number of hydrogen-bond donors (Lipinski definition) is 0. The van der Waals surface area contributed by atoms with Gasteiger partial charge in [-0.3, -0.25) is 4.79 Å². The van der Waals surface area contributed by atoms with Gasteiger partial charge in [-0.15, -0.1) is 10.2 Å². The summed E-state index contributed by atoms with van der Waals surface area (Å²) >= 11 is 1.21. The Morgan fingerprint density at radius 2 is 1.66 bits per heavy atom. The number of methoxy groups -OCH3 is 3. The van der Waals surface area contributed by atoms with Crippen LogP contribution in [0.15, 0.2) is 58.2 Å². The maximum Gasteiger partial charge on any atom is 0.277 e. The standard InChI is InChI=1S/C26H27N3O5S/c1-16-11-20(17(2)29(16)14-18-9-7-6-8-10-18)21(30)15-35-26-28-27-25(34-26)19-12-22(31-3)24(33-5)23(13-19)32-4/h6-13H,14-15H2,1-5H3.